The molecular weight excluding hydrogens is 516 g/mol. The van der Waals surface area contributed by atoms with Crippen LogP contribution >= 0.6 is 0 Å². The van der Waals surface area contributed by atoms with Crippen molar-refractivity contribution in [1.29, 1.82) is 0 Å². The van der Waals surface area contributed by atoms with Crippen LogP contribution in [0.5, 0.6) is 5.75 Å². The van der Waals surface area contributed by atoms with Crippen molar-refractivity contribution in [2.75, 3.05) is 72.6 Å². The molecule has 2 aliphatic carbocycles. The van der Waals surface area contributed by atoms with Crippen LogP contribution in [0.4, 0.5) is 4.79 Å². The van der Waals surface area contributed by atoms with Gasteiger partial charge in [-0.15, -0.1) is 11.8 Å². The first-order valence-corrected chi connectivity index (χ1v) is 14.4. The highest BCUT2D eigenvalue weighted by Gasteiger charge is 2.49. The first kappa shape index (κ1) is 31.7. The number of rotatable bonds is 20. The molecule has 10 heteroatoms. The summed E-state index contributed by atoms with van der Waals surface area (Å²) in [5.41, 5.74) is 1.05. The predicted octanol–water partition coefficient (Wildman–Crippen LogP) is 2.67. The van der Waals surface area contributed by atoms with Gasteiger partial charge < -0.3 is 39.4 Å². The van der Waals surface area contributed by atoms with Gasteiger partial charge in [0.2, 0.25) is 5.91 Å². The Morgan fingerprint density at radius 2 is 1.35 bits per heavy atom. The molecule has 1 fully saturated rings. The Bertz CT molecular complexity index is 912. The summed E-state index contributed by atoms with van der Waals surface area (Å²) in [6, 6.07) is 6.94. The van der Waals surface area contributed by atoms with E-state index >= 15 is 0 Å². The molecule has 1 aromatic carbocycles. The van der Waals surface area contributed by atoms with E-state index in [1.165, 1.54) is 0 Å². The molecule has 1 saturated carbocycles. The molecule has 1 unspecified atom stereocenters. The third kappa shape index (κ3) is 13.5. The van der Waals surface area contributed by atoms with E-state index in [4.69, 9.17) is 23.7 Å². The maximum atomic E-state index is 11.9. The molecule has 3 N–H and O–H groups in total. The van der Waals surface area contributed by atoms with Crippen molar-refractivity contribution in [2.45, 2.75) is 38.5 Å². The van der Waals surface area contributed by atoms with Crippen LogP contribution in [0, 0.1) is 29.6 Å². The lowest BCUT2D eigenvalue weighted by atomic mass is 10.1. The third-order valence-corrected chi connectivity index (χ3v) is 7.02. The van der Waals surface area contributed by atoms with E-state index < -0.39 is 0 Å². The topological polar surface area (TPSA) is 125 Å². The number of ether oxygens (including phenoxy) is 5. The molecule has 40 heavy (non-hydrogen) atoms. The van der Waals surface area contributed by atoms with Gasteiger partial charge in [0.25, 0.3) is 0 Å². The summed E-state index contributed by atoms with van der Waals surface area (Å²) < 4.78 is 27.2. The predicted molar refractivity (Wildman–Crippen MR) is 149 cm³/mol. The lowest BCUT2D eigenvalue weighted by Crippen LogP contribution is -2.29. The van der Waals surface area contributed by atoms with Crippen molar-refractivity contribution in [3.63, 3.8) is 0 Å². The van der Waals surface area contributed by atoms with Crippen molar-refractivity contribution in [3.05, 3.63) is 29.8 Å². The van der Waals surface area contributed by atoms with Crippen molar-refractivity contribution in [2.24, 2.45) is 17.8 Å². The number of phenols is 1. The number of aromatic hydroxyl groups is 1. The maximum Gasteiger partial charge on any atom is 0.407 e. The molecule has 0 radical (unpaired) electrons. The first-order valence-electron chi connectivity index (χ1n) is 14.4. The number of nitrogens with one attached hydrogen (secondary N) is 2. The number of alkyl carbamates (subject to hydrolysis) is 1. The van der Waals surface area contributed by atoms with Crippen LogP contribution in [0.15, 0.2) is 24.3 Å². The molecule has 0 saturated heterocycles. The normalized spacial score (nSPS) is 19.4. The van der Waals surface area contributed by atoms with Crippen LogP contribution in [0.1, 0.15) is 37.7 Å². The average molecular weight is 561 g/mol. The van der Waals surface area contributed by atoms with E-state index in [9.17, 15) is 14.7 Å². The summed E-state index contributed by atoms with van der Waals surface area (Å²) in [4.78, 5) is 23.7. The SMILES string of the molecule is O=C(CCOCCOCCOCCOCCNC(=O)OCC1[C@H]2CCC#CCC[C@@H]12)NCCc1ccc(O)cc1. The van der Waals surface area contributed by atoms with Gasteiger partial charge in [-0.1, -0.05) is 12.1 Å². The van der Waals surface area contributed by atoms with E-state index in [1.807, 2.05) is 12.1 Å². The van der Waals surface area contributed by atoms with Gasteiger partial charge in [-0.25, -0.2) is 4.79 Å². The van der Waals surface area contributed by atoms with Gasteiger partial charge in [0, 0.05) is 32.4 Å². The Hall–Kier alpha value is -2.84. The highest BCUT2D eigenvalue weighted by Crippen LogP contribution is 2.52. The summed E-state index contributed by atoms with van der Waals surface area (Å²) in [5, 5.41) is 14.8. The van der Waals surface area contributed by atoms with Crippen molar-refractivity contribution >= 4 is 12.0 Å². The maximum absolute atomic E-state index is 11.9. The molecule has 2 aliphatic rings. The number of amides is 2. The second-order valence-electron chi connectivity index (χ2n) is 9.91. The second kappa shape index (κ2) is 19.3. The quantitative estimate of drug-likeness (QED) is 0.164. The summed E-state index contributed by atoms with van der Waals surface area (Å²) in [5.74, 6) is 8.39. The minimum absolute atomic E-state index is 0.0567. The fourth-order valence-electron chi connectivity index (χ4n) is 4.75. The smallest absolute Gasteiger partial charge is 0.407 e. The van der Waals surface area contributed by atoms with E-state index in [0.717, 1.165) is 31.2 Å². The Labute approximate surface area is 237 Å². The highest BCUT2D eigenvalue weighted by molar-refractivity contribution is 5.75. The lowest BCUT2D eigenvalue weighted by Gasteiger charge is -2.09. The minimum atomic E-state index is -0.387. The fraction of sp³-hybridized carbons (Fsp3) is 0.667. The van der Waals surface area contributed by atoms with Crippen LogP contribution in [-0.4, -0.2) is 89.7 Å². The molecular formula is C30H44N2O8. The molecule has 0 aliphatic heterocycles. The van der Waals surface area contributed by atoms with Gasteiger partial charge in [0.15, 0.2) is 0 Å². The molecule has 1 aromatic rings. The first-order chi connectivity index (χ1) is 19.6. The third-order valence-electron chi connectivity index (χ3n) is 7.02. The average Bonchev–Trinajstić information content (AvgIpc) is 3.59. The highest BCUT2D eigenvalue weighted by atomic mass is 16.6. The van der Waals surface area contributed by atoms with E-state index in [2.05, 4.69) is 22.5 Å². The summed E-state index contributed by atoms with van der Waals surface area (Å²) >= 11 is 0. The van der Waals surface area contributed by atoms with Crippen LogP contribution in [0.25, 0.3) is 0 Å². The zero-order valence-electron chi connectivity index (χ0n) is 23.4. The van der Waals surface area contributed by atoms with E-state index in [-0.39, 0.29) is 17.7 Å². The molecule has 0 bridgehead atoms. The molecule has 2 amide bonds. The van der Waals surface area contributed by atoms with Crippen molar-refractivity contribution in [1.82, 2.24) is 10.6 Å². The van der Waals surface area contributed by atoms with Crippen LogP contribution < -0.4 is 10.6 Å². The Balaban J connectivity index is 0.999. The zero-order valence-corrected chi connectivity index (χ0v) is 23.4. The number of fused-ring (bicyclic) bond motifs is 1. The number of benzene rings is 1. The van der Waals surface area contributed by atoms with E-state index in [0.29, 0.717) is 103 Å². The monoisotopic (exact) mass is 560 g/mol. The van der Waals surface area contributed by atoms with Crippen LogP contribution in [0.3, 0.4) is 0 Å². The Morgan fingerprint density at radius 3 is 1.98 bits per heavy atom. The van der Waals surface area contributed by atoms with Crippen molar-refractivity contribution in [3.8, 4) is 17.6 Å². The number of phenolic OH excluding ortho intramolecular Hbond substituents is 1. The molecule has 3 atom stereocenters. The molecule has 0 spiro atoms. The Morgan fingerprint density at radius 1 is 0.775 bits per heavy atom. The fourth-order valence-corrected chi connectivity index (χ4v) is 4.75. The van der Waals surface area contributed by atoms with Gasteiger partial charge in [-0.2, -0.15) is 0 Å². The van der Waals surface area contributed by atoms with Gasteiger partial charge in [-0.05, 0) is 54.7 Å². The number of hydrogen-bond acceptors (Lipinski definition) is 8. The summed E-state index contributed by atoms with van der Waals surface area (Å²) in [6.07, 6.45) is 4.78. The molecule has 10 nitrogen and oxygen atoms in total. The van der Waals surface area contributed by atoms with Crippen LogP contribution in [0.2, 0.25) is 0 Å². The lowest BCUT2D eigenvalue weighted by molar-refractivity contribution is -0.122. The van der Waals surface area contributed by atoms with Gasteiger partial charge >= 0.3 is 6.09 Å². The summed E-state index contributed by atoms with van der Waals surface area (Å²) in [7, 11) is 0. The van der Waals surface area contributed by atoms with Crippen LogP contribution in [-0.2, 0) is 34.9 Å². The van der Waals surface area contributed by atoms with Gasteiger partial charge in [0.1, 0.15) is 5.75 Å². The van der Waals surface area contributed by atoms with Gasteiger partial charge in [-0.3, -0.25) is 4.79 Å². The molecule has 0 heterocycles. The summed E-state index contributed by atoms with van der Waals surface area (Å²) in [6.45, 7) is 4.79. The largest absolute Gasteiger partial charge is 0.508 e. The molecule has 222 valence electrons. The number of carbonyl (C=O) groups is 2. The number of hydrogen-bond donors (Lipinski definition) is 3. The molecule has 3 rings (SSSR count). The second-order valence-corrected chi connectivity index (χ2v) is 9.91. The Kier molecular flexibility index (Phi) is 15.3. The zero-order chi connectivity index (χ0) is 28.3. The van der Waals surface area contributed by atoms with E-state index in [1.54, 1.807) is 12.1 Å². The minimum Gasteiger partial charge on any atom is -0.508 e. The standard InChI is InChI=1S/C30H44N2O8/c33-25-9-7-24(8-10-25)11-13-31-29(34)12-15-36-17-19-38-21-22-39-20-18-37-16-14-32-30(35)40-23-28-26-5-3-1-2-4-6-27(26)28/h7-10,26-28,33H,3-6,11-23H2,(H,31,34)(H,32,35)/t26-,27+,28?. The molecule has 0 aromatic heterocycles. The van der Waals surface area contributed by atoms with Crippen molar-refractivity contribution < 1.29 is 38.4 Å². The van der Waals surface area contributed by atoms with Gasteiger partial charge in [0.05, 0.1) is 59.5 Å². The number of carbonyl (C=O) groups excluding carboxylic acids is 2.